The van der Waals surface area contributed by atoms with Crippen molar-refractivity contribution >= 4 is 22.6 Å². The smallest absolute Gasteiger partial charge is 0.249 e. The lowest BCUT2D eigenvalue weighted by Crippen LogP contribution is -2.40. The van der Waals surface area contributed by atoms with Crippen molar-refractivity contribution in [2.24, 2.45) is 5.73 Å². The number of likely N-dealkylation sites (tertiary alicyclic amines) is 1. The number of carbonyl (C=O) groups excluding carboxylic acids is 1. The predicted octanol–water partition coefficient (Wildman–Crippen LogP) is 4.69. The van der Waals surface area contributed by atoms with Crippen LogP contribution in [0.15, 0.2) is 16.5 Å². The summed E-state index contributed by atoms with van der Waals surface area (Å²) in [7, 11) is 0. The highest BCUT2D eigenvalue weighted by Crippen LogP contribution is 2.39. The third-order valence-electron chi connectivity index (χ3n) is 7.47. The fourth-order valence-corrected chi connectivity index (χ4v) is 5.65. The molecule has 2 aliphatic rings. The summed E-state index contributed by atoms with van der Waals surface area (Å²) >= 11 is 0. The van der Waals surface area contributed by atoms with Gasteiger partial charge in [0.05, 0.1) is 5.56 Å². The lowest BCUT2D eigenvalue weighted by atomic mass is 9.92. The molecule has 0 aliphatic carbocycles. The van der Waals surface area contributed by atoms with E-state index in [4.69, 9.17) is 14.9 Å². The Morgan fingerprint density at radius 2 is 1.84 bits per heavy atom. The maximum absolute atomic E-state index is 12.7. The third-order valence-corrected chi connectivity index (χ3v) is 7.47. The maximum atomic E-state index is 12.7. The highest BCUT2D eigenvalue weighted by atomic mass is 16.5. The third kappa shape index (κ3) is 4.40. The molecule has 0 saturated carbocycles. The molecule has 6 nitrogen and oxygen atoms in total. The standard InChI is InChI=1S/C26H39N3O3/c1-5-20-22(29(6-2)19-9-13-31-14-10-19)16-24-21(25(20)26(27)30)15-23(32-24)18-7-11-28(12-8-18)17(3)4/h15-19H,5-14H2,1-4H3,(H2,27,30). The van der Waals surface area contributed by atoms with Crippen molar-refractivity contribution in [1.82, 2.24) is 4.90 Å². The van der Waals surface area contributed by atoms with E-state index in [0.29, 0.717) is 23.6 Å². The van der Waals surface area contributed by atoms with E-state index in [-0.39, 0.29) is 5.91 Å². The molecule has 0 spiro atoms. The number of primary amides is 1. The minimum absolute atomic E-state index is 0.362. The number of ether oxygens (including phenoxy) is 1. The number of piperidine rings is 1. The zero-order valence-electron chi connectivity index (χ0n) is 20.2. The minimum Gasteiger partial charge on any atom is -0.461 e. The minimum atomic E-state index is -0.362. The first-order valence-electron chi connectivity index (χ1n) is 12.4. The number of hydrogen-bond donors (Lipinski definition) is 1. The highest BCUT2D eigenvalue weighted by molar-refractivity contribution is 6.08. The first kappa shape index (κ1) is 23.1. The Labute approximate surface area is 192 Å². The summed E-state index contributed by atoms with van der Waals surface area (Å²) in [5.74, 6) is 1.03. The molecule has 6 heteroatoms. The monoisotopic (exact) mass is 441 g/mol. The number of fused-ring (bicyclic) bond motifs is 1. The van der Waals surface area contributed by atoms with Crippen molar-refractivity contribution in [2.75, 3.05) is 37.7 Å². The van der Waals surface area contributed by atoms with Gasteiger partial charge in [-0.05, 0) is 77.6 Å². The Morgan fingerprint density at radius 3 is 2.41 bits per heavy atom. The summed E-state index contributed by atoms with van der Waals surface area (Å²) < 4.78 is 12.0. The first-order valence-corrected chi connectivity index (χ1v) is 12.4. The second-order valence-electron chi connectivity index (χ2n) is 9.56. The number of amides is 1. The van der Waals surface area contributed by atoms with Gasteiger partial charge in [-0.1, -0.05) is 6.92 Å². The van der Waals surface area contributed by atoms with Gasteiger partial charge in [0.25, 0.3) is 0 Å². The van der Waals surface area contributed by atoms with E-state index in [2.05, 4.69) is 49.6 Å². The Hall–Kier alpha value is -2.05. The largest absolute Gasteiger partial charge is 0.461 e. The average molecular weight is 442 g/mol. The van der Waals surface area contributed by atoms with Crippen LogP contribution >= 0.6 is 0 Å². The van der Waals surface area contributed by atoms with Crippen LogP contribution in [0.2, 0.25) is 0 Å². The van der Waals surface area contributed by atoms with Crippen molar-refractivity contribution in [1.29, 1.82) is 0 Å². The van der Waals surface area contributed by atoms with Crippen molar-refractivity contribution in [3.05, 3.63) is 29.0 Å². The van der Waals surface area contributed by atoms with Gasteiger partial charge in [0.1, 0.15) is 11.3 Å². The number of nitrogens with two attached hydrogens (primary N) is 1. The predicted molar refractivity (Wildman–Crippen MR) is 130 cm³/mol. The van der Waals surface area contributed by atoms with Gasteiger partial charge in [0, 0.05) is 54.9 Å². The van der Waals surface area contributed by atoms with Crippen molar-refractivity contribution in [3.63, 3.8) is 0 Å². The summed E-state index contributed by atoms with van der Waals surface area (Å²) in [5.41, 5.74) is 9.53. The molecule has 1 amide bonds. The van der Waals surface area contributed by atoms with E-state index in [9.17, 15) is 4.79 Å². The quantitative estimate of drug-likeness (QED) is 0.675. The van der Waals surface area contributed by atoms with Crippen molar-refractivity contribution in [2.45, 2.75) is 77.8 Å². The van der Waals surface area contributed by atoms with Crippen LogP contribution in [-0.4, -0.2) is 55.7 Å². The summed E-state index contributed by atoms with van der Waals surface area (Å²) in [5, 5.41) is 0.877. The molecule has 2 saturated heterocycles. The lowest BCUT2D eigenvalue weighted by Gasteiger charge is -2.36. The van der Waals surface area contributed by atoms with Crippen LogP contribution in [0.3, 0.4) is 0 Å². The van der Waals surface area contributed by atoms with Crippen LogP contribution in [0.25, 0.3) is 11.0 Å². The lowest BCUT2D eigenvalue weighted by molar-refractivity contribution is 0.0846. The Balaban J connectivity index is 1.75. The second-order valence-corrected chi connectivity index (χ2v) is 9.56. The molecule has 1 aromatic heterocycles. The average Bonchev–Trinajstić information content (AvgIpc) is 3.23. The molecule has 32 heavy (non-hydrogen) atoms. The Morgan fingerprint density at radius 1 is 1.16 bits per heavy atom. The van der Waals surface area contributed by atoms with Gasteiger partial charge in [-0.3, -0.25) is 4.79 Å². The zero-order valence-corrected chi connectivity index (χ0v) is 20.2. The maximum Gasteiger partial charge on any atom is 0.249 e. The summed E-state index contributed by atoms with van der Waals surface area (Å²) in [4.78, 5) is 17.6. The number of benzene rings is 1. The van der Waals surface area contributed by atoms with E-state index in [1.165, 1.54) is 0 Å². The number of anilines is 1. The number of rotatable bonds is 7. The molecule has 1 aromatic carbocycles. The molecule has 0 atom stereocenters. The van der Waals surface area contributed by atoms with Crippen LogP contribution in [0, 0.1) is 0 Å². The molecule has 2 N–H and O–H groups in total. The van der Waals surface area contributed by atoms with Crippen LogP contribution in [-0.2, 0) is 11.2 Å². The van der Waals surface area contributed by atoms with Gasteiger partial charge >= 0.3 is 0 Å². The SMILES string of the molecule is CCc1c(N(CC)C2CCOCC2)cc2oc(C3CCN(C(C)C)CC3)cc2c1C(N)=O. The Kier molecular flexibility index (Phi) is 7.11. The molecular formula is C26H39N3O3. The summed E-state index contributed by atoms with van der Waals surface area (Å²) in [6.45, 7) is 13.4. The van der Waals surface area contributed by atoms with Gasteiger partial charge in [0.2, 0.25) is 5.91 Å². The van der Waals surface area contributed by atoms with Crippen molar-refractivity contribution in [3.8, 4) is 0 Å². The van der Waals surface area contributed by atoms with Crippen LogP contribution in [0.1, 0.15) is 81.0 Å². The zero-order chi connectivity index (χ0) is 22.8. The molecule has 2 aliphatic heterocycles. The molecule has 4 rings (SSSR count). The highest BCUT2D eigenvalue weighted by Gasteiger charge is 2.29. The fourth-order valence-electron chi connectivity index (χ4n) is 5.65. The normalized spacial score (nSPS) is 19.2. The van der Waals surface area contributed by atoms with E-state index >= 15 is 0 Å². The number of hydrogen-bond acceptors (Lipinski definition) is 5. The molecule has 176 valence electrons. The number of nitrogens with zero attached hydrogens (tertiary/aromatic N) is 2. The number of carbonyl (C=O) groups is 1. The topological polar surface area (TPSA) is 71.9 Å². The molecule has 2 aromatic rings. The first-order chi connectivity index (χ1) is 15.4. The van der Waals surface area contributed by atoms with E-state index in [0.717, 1.165) is 92.9 Å². The van der Waals surface area contributed by atoms with Crippen LogP contribution < -0.4 is 10.6 Å². The summed E-state index contributed by atoms with van der Waals surface area (Å²) in [6, 6.07) is 5.24. The van der Waals surface area contributed by atoms with E-state index < -0.39 is 0 Å². The molecule has 2 fully saturated rings. The molecule has 3 heterocycles. The Bertz CT molecular complexity index is 937. The molecular weight excluding hydrogens is 402 g/mol. The molecule has 0 radical (unpaired) electrons. The second kappa shape index (κ2) is 9.84. The number of furan rings is 1. The van der Waals surface area contributed by atoms with Gasteiger partial charge in [-0.15, -0.1) is 0 Å². The van der Waals surface area contributed by atoms with Gasteiger partial charge in [0.15, 0.2) is 0 Å². The van der Waals surface area contributed by atoms with Crippen molar-refractivity contribution < 1.29 is 13.9 Å². The summed E-state index contributed by atoms with van der Waals surface area (Å²) in [6.07, 6.45) is 4.93. The van der Waals surface area contributed by atoms with Crippen LogP contribution in [0.4, 0.5) is 5.69 Å². The molecule has 0 unspecified atom stereocenters. The van der Waals surface area contributed by atoms with Gasteiger partial charge in [-0.25, -0.2) is 0 Å². The van der Waals surface area contributed by atoms with E-state index in [1.54, 1.807) is 0 Å². The molecule has 0 bridgehead atoms. The van der Waals surface area contributed by atoms with Gasteiger partial charge in [-0.2, -0.15) is 0 Å². The van der Waals surface area contributed by atoms with E-state index in [1.807, 2.05) is 0 Å². The fraction of sp³-hybridized carbons (Fsp3) is 0.654. The van der Waals surface area contributed by atoms with Gasteiger partial charge < -0.3 is 24.7 Å². The van der Waals surface area contributed by atoms with Crippen LogP contribution in [0.5, 0.6) is 0 Å².